The van der Waals surface area contributed by atoms with Crippen LogP contribution in [0.25, 0.3) is 22.0 Å². The van der Waals surface area contributed by atoms with Gasteiger partial charge in [0, 0.05) is 17.4 Å². The molecule has 0 radical (unpaired) electrons. The molecule has 0 amide bonds. The van der Waals surface area contributed by atoms with E-state index >= 15 is 0 Å². The van der Waals surface area contributed by atoms with Crippen molar-refractivity contribution < 1.29 is 0 Å². The number of pyridine rings is 1. The van der Waals surface area contributed by atoms with Crippen molar-refractivity contribution in [3.8, 4) is 11.3 Å². The van der Waals surface area contributed by atoms with E-state index in [0.29, 0.717) is 0 Å². The average molecular weight is 332 g/mol. The number of benzene rings is 2. The van der Waals surface area contributed by atoms with Crippen molar-refractivity contribution in [1.29, 1.82) is 0 Å². The first-order chi connectivity index (χ1) is 12.1. The number of nitrogens with one attached hydrogen (secondary N) is 1. The summed E-state index contributed by atoms with van der Waals surface area (Å²) in [7, 11) is 4.25. The first kappa shape index (κ1) is 16.1. The number of unbranched alkanes of at least 4 members (excludes halogenated alkanes) is 1. The molecule has 0 saturated heterocycles. The Balaban J connectivity index is 1.70. The zero-order chi connectivity index (χ0) is 17.4. The van der Waals surface area contributed by atoms with E-state index in [1.165, 1.54) is 35.1 Å². The summed E-state index contributed by atoms with van der Waals surface area (Å²) in [6.07, 6.45) is 4.44. The van der Waals surface area contributed by atoms with Gasteiger partial charge in [0.15, 0.2) is 0 Å². The highest BCUT2D eigenvalue weighted by Gasteiger charge is 2.24. The molecule has 1 aromatic heterocycles. The highest BCUT2D eigenvalue weighted by molar-refractivity contribution is 5.93. The lowest BCUT2D eigenvalue weighted by Crippen LogP contribution is -2.13. The summed E-state index contributed by atoms with van der Waals surface area (Å²) >= 11 is 0. The van der Waals surface area contributed by atoms with E-state index in [1.54, 1.807) is 0 Å². The summed E-state index contributed by atoms with van der Waals surface area (Å²) in [4.78, 5) is 17.8. The molecule has 1 aliphatic rings. The van der Waals surface area contributed by atoms with Gasteiger partial charge in [0.05, 0.1) is 5.69 Å². The van der Waals surface area contributed by atoms with Crippen LogP contribution in [0.4, 0.5) is 0 Å². The molecule has 1 aliphatic carbocycles. The molecule has 4 rings (SSSR count). The first-order valence-corrected chi connectivity index (χ1v) is 9.05. The van der Waals surface area contributed by atoms with E-state index in [0.717, 1.165) is 35.9 Å². The highest BCUT2D eigenvalue weighted by atomic mass is 16.1. The molecular weight excluding hydrogens is 308 g/mol. The largest absolute Gasteiger partial charge is 0.321 e. The van der Waals surface area contributed by atoms with Crippen molar-refractivity contribution in [3.05, 3.63) is 69.5 Å². The molecule has 0 aliphatic heterocycles. The van der Waals surface area contributed by atoms with E-state index < -0.39 is 0 Å². The highest BCUT2D eigenvalue weighted by Crippen LogP contribution is 2.39. The quantitative estimate of drug-likeness (QED) is 0.561. The second-order valence-corrected chi connectivity index (χ2v) is 7.23. The van der Waals surface area contributed by atoms with E-state index in [9.17, 15) is 4.79 Å². The Bertz CT molecular complexity index is 985. The minimum absolute atomic E-state index is 0.0126. The Morgan fingerprint density at radius 2 is 1.76 bits per heavy atom. The van der Waals surface area contributed by atoms with Crippen LogP contribution in [0.5, 0.6) is 0 Å². The van der Waals surface area contributed by atoms with Gasteiger partial charge in [-0.2, -0.15) is 0 Å². The van der Waals surface area contributed by atoms with Crippen LogP contribution in [-0.2, 0) is 12.8 Å². The fourth-order valence-corrected chi connectivity index (χ4v) is 3.98. The summed E-state index contributed by atoms with van der Waals surface area (Å²) in [6.45, 7) is 1.13. The van der Waals surface area contributed by atoms with Gasteiger partial charge in [-0.1, -0.05) is 36.4 Å². The number of hydrogen-bond donors (Lipinski definition) is 1. The predicted octanol–water partition coefficient (Wildman–Crippen LogP) is 3.98. The molecule has 1 N–H and O–H groups in total. The van der Waals surface area contributed by atoms with Crippen LogP contribution in [0.3, 0.4) is 0 Å². The van der Waals surface area contributed by atoms with Crippen LogP contribution in [0.15, 0.2) is 47.3 Å². The van der Waals surface area contributed by atoms with Gasteiger partial charge in [0.25, 0.3) is 5.56 Å². The Morgan fingerprint density at radius 3 is 2.56 bits per heavy atom. The standard InChI is InChI=1S/C22H24N2O/c1-24(2)13-6-5-8-15-9-7-12-17-19(15)14-20-16-10-3-4-11-18(16)22(25)23-21(17)20/h3-4,7,9-12H,5-6,8,13-14H2,1-2H3,(H,23,25). The molecule has 0 atom stereocenters. The zero-order valence-electron chi connectivity index (χ0n) is 14.9. The molecule has 3 nitrogen and oxygen atoms in total. The number of aromatic nitrogens is 1. The third kappa shape index (κ3) is 2.89. The van der Waals surface area contributed by atoms with Crippen LogP contribution >= 0.6 is 0 Å². The van der Waals surface area contributed by atoms with Crippen molar-refractivity contribution in [2.75, 3.05) is 20.6 Å². The minimum atomic E-state index is 0.0126. The Labute approximate surface area is 148 Å². The van der Waals surface area contributed by atoms with Crippen molar-refractivity contribution in [2.24, 2.45) is 0 Å². The number of hydrogen-bond acceptors (Lipinski definition) is 2. The third-order valence-electron chi connectivity index (χ3n) is 5.23. The van der Waals surface area contributed by atoms with Crippen LogP contribution < -0.4 is 5.56 Å². The molecule has 3 aromatic rings. The third-order valence-corrected chi connectivity index (χ3v) is 5.23. The van der Waals surface area contributed by atoms with Crippen molar-refractivity contribution >= 4 is 10.8 Å². The van der Waals surface area contributed by atoms with Crippen LogP contribution in [0.1, 0.15) is 29.5 Å². The summed E-state index contributed by atoms with van der Waals surface area (Å²) in [5.74, 6) is 0. The molecule has 128 valence electrons. The fourth-order valence-electron chi connectivity index (χ4n) is 3.98. The number of aryl methyl sites for hydroxylation is 1. The number of fused-ring (bicyclic) bond motifs is 5. The van der Waals surface area contributed by atoms with Gasteiger partial charge in [-0.25, -0.2) is 0 Å². The smallest absolute Gasteiger partial charge is 0.256 e. The van der Waals surface area contributed by atoms with Crippen molar-refractivity contribution in [1.82, 2.24) is 9.88 Å². The fraction of sp³-hybridized carbons (Fsp3) is 0.318. The maximum atomic E-state index is 12.4. The minimum Gasteiger partial charge on any atom is -0.321 e. The predicted molar refractivity (Wildman–Crippen MR) is 104 cm³/mol. The molecule has 3 heteroatoms. The van der Waals surface area contributed by atoms with Gasteiger partial charge in [-0.3, -0.25) is 4.79 Å². The molecule has 0 fully saturated rings. The summed E-state index contributed by atoms with van der Waals surface area (Å²) in [5.41, 5.74) is 6.34. The molecule has 0 unspecified atom stereocenters. The SMILES string of the molecule is CN(C)CCCCc1cccc2c1Cc1c-2[nH]c(=O)c2ccccc12. The normalized spacial score (nSPS) is 12.6. The van der Waals surface area contributed by atoms with Gasteiger partial charge in [-0.05, 0) is 68.0 Å². The molecule has 25 heavy (non-hydrogen) atoms. The van der Waals surface area contributed by atoms with Gasteiger partial charge in [-0.15, -0.1) is 0 Å². The van der Waals surface area contributed by atoms with E-state index in [1.807, 2.05) is 18.2 Å². The average Bonchev–Trinajstić information content (AvgIpc) is 2.98. The number of nitrogens with zero attached hydrogens (tertiary/aromatic N) is 1. The van der Waals surface area contributed by atoms with Crippen LogP contribution in [0.2, 0.25) is 0 Å². The van der Waals surface area contributed by atoms with Crippen molar-refractivity contribution in [2.45, 2.75) is 25.7 Å². The molecule has 0 bridgehead atoms. The second kappa shape index (κ2) is 6.49. The van der Waals surface area contributed by atoms with Gasteiger partial charge >= 0.3 is 0 Å². The molecule has 2 aromatic carbocycles. The maximum absolute atomic E-state index is 12.4. The molecule has 0 saturated carbocycles. The van der Waals surface area contributed by atoms with E-state index in [2.05, 4.69) is 48.2 Å². The Kier molecular flexibility index (Phi) is 4.18. The lowest BCUT2D eigenvalue weighted by Gasteiger charge is -2.11. The van der Waals surface area contributed by atoms with Gasteiger partial charge < -0.3 is 9.88 Å². The monoisotopic (exact) mass is 332 g/mol. The summed E-state index contributed by atoms with van der Waals surface area (Å²) in [6, 6.07) is 14.5. The maximum Gasteiger partial charge on any atom is 0.256 e. The lowest BCUT2D eigenvalue weighted by molar-refractivity contribution is 0.394. The number of H-pyrrole nitrogens is 1. The van der Waals surface area contributed by atoms with Gasteiger partial charge in [0.2, 0.25) is 0 Å². The van der Waals surface area contributed by atoms with Crippen LogP contribution in [-0.4, -0.2) is 30.5 Å². The zero-order valence-corrected chi connectivity index (χ0v) is 14.9. The Hall–Kier alpha value is -2.39. The summed E-state index contributed by atoms with van der Waals surface area (Å²) < 4.78 is 0. The number of aromatic amines is 1. The molecular formula is C22H24N2O. The lowest BCUT2D eigenvalue weighted by atomic mass is 9.98. The summed E-state index contributed by atoms with van der Waals surface area (Å²) in [5, 5.41) is 1.89. The van der Waals surface area contributed by atoms with E-state index in [-0.39, 0.29) is 5.56 Å². The van der Waals surface area contributed by atoms with Crippen LogP contribution in [0, 0.1) is 0 Å². The topological polar surface area (TPSA) is 36.1 Å². The van der Waals surface area contributed by atoms with E-state index in [4.69, 9.17) is 0 Å². The van der Waals surface area contributed by atoms with Gasteiger partial charge in [0.1, 0.15) is 0 Å². The first-order valence-electron chi connectivity index (χ1n) is 9.05. The molecule has 1 heterocycles. The molecule has 0 spiro atoms. The van der Waals surface area contributed by atoms with Crippen molar-refractivity contribution in [3.63, 3.8) is 0 Å². The second-order valence-electron chi connectivity index (χ2n) is 7.23. The number of rotatable bonds is 5. The Morgan fingerprint density at radius 1 is 0.960 bits per heavy atom.